The second kappa shape index (κ2) is 6.21. The summed E-state index contributed by atoms with van der Waals surface area (Å²) in [5, 5.41) is 15.4. The molecular formula is C15H16N2O4. The van der Waals surface area contributed by atoms with Gasteiger partial charge < -0.3 is 14.9 Å². The van der Waals surface area contributed by atoms with Gasteiger partial charge in [0, 0.05) is 12.0 Å². The van der Waals surface area contributed by atoms with Crippen LogP contribution in [-0.2, 0) is 4.79 Å². The summed E-state index contributed by atoms with van der Waals surface area (Å²) in [7, 11) is 0. The Bertz CT molecular complexity index is 634. The van der Waals surface area contributed by atoms with Gasteiger partial charge in [-0.1, -0.05) is 49.3 Å². The Hall–Kier alpha value is -2.63. The number of carboxylic acid groups (broad SMARTS) is 1. The minimum Gasteiger partial charge on any atom is -0.479 e. The van der Waals surface area contributed by atoms with E-state index in [1.165, 1.54) is 6.07 Å². The number of carbonyl (C=O) groups is 2. The number of amides is 1. The van der Waals surface area contributed by atoms with Crippen LogP contribution in [0.5, 0.6) is 0 Å². The molecule has 6 nitrogen and oxygen atoms in total. The van der Waals surface area contributed by atoms with Gasteiger partial charge in [0.2, 0.25) is 0 Å². The molecule has 2 N–H and O–H groups in total. The molecule has 0 saturated carbocycles. The molecule has 0 aliphatic rings. The van der Waals surface area contributed by atoms with Crippen LogP contribution in [0.25, 0.3) is 0 Å². The molecule has 0 bridgehead atoms. The van der Waals surface area contributed by atoms with Crippen LogP contribution in [-0.4, -0.2) is 22.1 Å². The highest BCUT2D eigenvalue weighted by atomic mass is 16.5. The lowest BCUT2D eigenvalue weighted by molar-refractivity contribution is -0.139. The van der Waals surface area contributed by atoms with Crippen LogP contribution < -0.4 is 5.32 Å². The largest absolute Gasteiger partial charge is 0.479 e. The molecule has 0 spiro atoms. The van der Waals surface area contributed by atoms with Crippen LogP contribution in [0.15, 0.2) is 40.9 Å². The lowest BCUT2D eigenvalue weighted by Crippen LogP contribution is -2.33. The quantitative estimate of drug-likeness (QED) is 0.881. The van der Waals surface area contributed by atoms with Crippen molar-refractivity contribution >= 4 is 11.9 Å². The number of hydrogen-bond donors (Lipinski definition) is 2. The molecular weight excluding hydrogens is 272 g/mol. The van der Waals surface area contributed by atoms with E-state index in [9.17, 15) is 14.7 Å². The highest BCUT2D eigenvalue weighted by molar-refractivity contribution is 5.95. The Morgan fingerprint density at radius 2 is 1.90 bits per heavy atom. The predicted molar refractivity (Wildman–Crippen MR) is 74.9 cm³/mol. The van der Waals surface area contributed by atoms with Gasteiger partial charge in [0.15, 0.2) is 11.7 Å². The fourth-order valence-electron chi connectivity index (χ4n) is 1.81. The van der Waals surface area contributed by atoms with E-state index in [2.05, 4.69) is 10.5 Å². The normalized spacial score (nSPS) is 12.1. The summed E-state index contributed by atoms with van der Waals surface area (Å²) in [6.45, 7) is 3.82. The molecule has 0 saturated heterocycles. The lowest BCUT2D eigenvalue weighted by Gasteiger charge is -2.13. The molecule has 110 valence electrons. The molecule has 1 aromatic heterocycles. The molecule has 1 atom stereocenters. The lowest BCUT2D eigenvalue weighted by atomic mass is 10.1. The van der Waals surface area contributed by atoms with Gasteiger partial charge in [0.25, 0.3) is 5.91 Å². The smallest absolute Gasteiger partial charge is 0.330 e. The average molecular weight is 288 g/mol. The average Bonchev–Trinajstić information content (AvgIpc) is 2.95. The zero-order chi connectivity index (χ0) is 15.4. The first-order valence-electron chi connectivity index (χ1n) is 6.54. The number of rotatable bonds is 5. The Labute approximate surface area is 121 Å². The summed E-state index contributed by atoms with van der Waals surface area (Å²) >= 11 is 0. The van der Waals surface area contributed by atoms with Gasteiger partial charge in [-0.3, -0.25) is 4.79 Å². The standard InChI is InChI=1S/C15H16N2O4/c1-9(2)12-8-11(17-21-12)14(18)16-13(15(19)20)10-6-4-3-5-7-10/h3-9,13H,1-2H3,(H,16,18)(H,19,20)/t13-/m1/s1. The second-order valence-electron chi connectivity index (χ2n) is 4.92. The first kappa shape index (κ1) is 14.8. The van der Waals surface area contributed by atoms with E-state index in [-0.39, 0.29) is 11.6 Å². The van der Waals surface area contributed by atoms with Crippen molar-refractivity contribution < 1.29 is 19.2 Å². The van der Waals surface area contributed by atoms with Gasteiger partial charge in [0.05, 0.1) is 0 Å². The molecule has 0 radical (unpaired) electrons. The maximum atomic E-state index is 12.1. The van der Waals surface area contributed by atoms with Gasteiger partial charge in [-0.15, -0.1) is 0 Å². The number of aromatic nitrogens is 1. The third-order valence-corrected chi connectivity index (χ3v) is 2.99. The van der Waals surface area contributed by atoms with Crippen molar-refractivity contribution in [3.8, 4) is 0 Å². The predicted octanol–water partition coefficient (Wildman–Crippen LogP) is 2.35. The molecule has 0 unspecified atom stereocenters. The second-order valence-corrected chi connectivity index (χ2v) is 4.92. The number of nitrogens with zero attached hydrogens (tertiary/aromatic N) is 1. The molecule has 0 aliphatic carbocycles. The number of aliphatic carboxylic acids is 1. The molecule has 0 fully saturated rings. The molecule has 0 aliphatic heterocycles. The first-order valence-corrected chi connectivity index (χ1v) is 6.54. The van der Waals surface area contributed by atoms with Crippen molar-refractivity contribution in [3.05, 3.63) is 53.4 Å². The Balaban J connectivity index is 2.17. The van der Waals surface area contributed by atoms with Crippen molar-refractivity contribution in [2.24, 2.45) is 0 Å². The van der Waals surface area contributed by atoms with E-state index in [0.717, 1.165) is 0 Å². The van der Waals surface area contributed by atoms with E-state index in [1.54, 1.807) is 30.3 Å². The van der Waals surface area contributed by atoms with E-state index in [1.807, 2.05) is 13.8 Å². The maximum absolute atomic E-state index is 12.1. The van der Waals surface area contributed by atoms with Crippen molar-refractivity contribution in [2.75, 3.05) is 0 Å². The first-order chi connectivity index (χ1) is 9.99. The fraction of sp³-hybridized carbons (Fsp3) is 0.267. The van der Waals surface area contributed by atoms with Crippen LogP contribution in [0.4, 0.5) is 0 Å². The zero-order valence-electron chi connectivity index (χ0n) is 11.7. The third-order valence-electron chi connectivity index (χ3n) is 2.99. The monoisotopic (exact) mass is 288 g/mol. The minimum absolute atomic E-state index is 0.0703. The van der Waals surface area contributed by atoms with Crippen LogP contribution in [0, 0.1) is 0 Å². The van der Waals surface area contributed by atoms with Crippen LogP contribution >= 0.6 is 0 Å². The van der Waals surface area contributed by atoms with Gasteiger partial charge in [-0.25, -0.2) is 4.79 Å². The van der Waals surface area contributed by atoms with E-state index < -0.39 is 17.9 Å². The molecule has 1 heterocycles. The summed E-state index contributed by atoms with van der Waals surface area (Å²) in [5.74, 6) is -1.04. The SMILES string of the molecule is CC(C)c1cc(C(=O)N[C@@H](C(=O)O)c2ccccc2)no1. The van der Waals surface area contributed by atoms with Crippen molar-refractivity contribution in [3.63, 3.8) is 0 Å². The summed E-state index contributed by atoms with van der Waals surface area (Å²) in [6.07, 6.45) is 0. The molecule has 2 aromatic rings. The van der Waals surface area contributed by atoms with E-state index in [0.29, 0.717) is 11.3 Å². The molecule has 1 amide bonds. The highest BCUT2D eigenvalue weighted by Crippen LogP contribution is 2.17. The summed E-state index contributed by atoms with van der Waals surface area (Å²) in [4.78, 5) is 23.4. The van der Waals surface area contributed by atoms with Gasteiger partial charge in [-0.05, 0) is 5.56 Å². The maximum Gasteiger partial charge on any atom is 0.330 e. The molecule has 21 heavy (non-hydrogen) atoms. The van der Waals surface area contributed by atoms with Crippen molar-refractivity contribution in [2.45, 2.75) is 25.8 Å². The van der Waals surface area contributed by atoms with E-state index >= 15 is 0 Å². The number of carboxylic acids is 1. The van der Waals surface area contributed by atoms with Crippen LogP contribution in [0.3, 0.4) is 0 Å². The summed E-state index contributed by atoms with van der Waals surface area (Å²) in [5.41, 5.74) is 0.562. The molecule has 6 heteroatoms. The third kappa shape index (κ3) is 3.47. The molecule has 2 rings (SSSR count). The van der Waals surface area contributed by atoms with Gasteiger partial charge in [0.1, 0.15) is 5.76 Å². The van der Waals surface area contributed by atoms with Gasteiger partial charge in [-0.2, -0.15) is 0 Å². The minimum atomic E-state index is -1.14. The number of carbonyl (C=O) groups excluding carboxylic acids is 1. The van der Waals surface area contributed by atoms with Crippen LogP contribution in [0.1, 0.15) is 47.6 Å². The summed E-state index contributed by atoms with van der Waals surface area (Å²) < 4.78 is 5.04. The topological polar surface area (TPSA) is 92.4 Å². The van der Waals surface area contributed by atoms with Crippen LogP contribution in [0.2, 0.25) is 0 Å². The highest BCUT2D eigenvalue weighted by Gasteiger charge is 2.24. The fourth-order valence-corrected chi connectivity index (χ4v) is 1.81. The van der Waals surface area contributed by atoms with Gasteiger partial charge >= 0.3 is 5.97 Å². The zero-order valence-corrected chi connectivity index (χ0v) is 11.7. The van der Waals surface area contributed by atoms with Crippen molar-refractivity contribution in [1.29, 1.82) is 0 Å². The van der Waals surface area contributed by atoms with Crippen molar-refractivity contribution in [1.82, 2.24) is 10.5 Å². The molecule has 1 aromatic carbocycles. The number of nitrogens with one attached hydrogen (secondary N) is 1. The van der Waals surface area contributed by atoms with E-state index in [4.69, 9.17) is 4.52 Å². The number of benzene rings is 1. The summed E-state index contributed by atoms with van der Waals surface area (Å²) in [6, 6.07) is 8.87. The number of hydrogen-bond acceptors (Lipinski definition) is 4. The Morgan fingerprint density at radius 3 is 2.43 bits per heavy atom. The Morgan fingerprint density at radius 1 is 1.24 bits per heavy atom. The Kier molecular flexibility index (Phi) is 4.37.